The van der Waals surface area contributed by atoms with E-state index in [4.69, 9.17) is 5.11 Å². The minimum atomic E-state index is -3.45. The van der Waals surface area contributed by atoms with Crippen molar-refractivity contribution in [3.63, 3.8) is 0 Å². The molecule has 2 aliphatic carbocycles. The van der Waals surface area contributed by atoms with E-state index in [2.05, 4.69) is 0 Å². The Morgan fingerprint density at radius 1 is 0.759 bits per heavy atom. The van der Waals surface area contributed by atoms with E-state index in [0.717, 1.165) is 74.8 Å². The van der Waals surface area contributed by atoms with Crippen LogP contribution >= 0.6 is 0 Å². The number of amides is 1. The third-order valence-corrected chi connectivity index (χ3v) is 8.12. The molecule has 6 nitrogen and oxygen atoms in total. The molecule has 0 aromatic heterocycles. The summed E-state index contributed by atoms with van der Waals surface area (Å²) in [5.74, 6) is -0.826. The Labute approximate surface area is 176 Å². The number of nitrogens with zero attached hydrogens (tertiary/aromatic N) is 1. The van der Waals surface area contributed by atoms with Gasteiger partial charge in [0.1, 0.15) is 0 Å². The normalized spacial score (nSPS) is 19.0. The average Bonchev–Trinajstić information content (AvgIpc) is 3.56. The minimum absolute atomic E-state index is 0.226. The van der Waals surface area contributed by atoms with Crippen molar-refractivity contribution in [2.75, 3.05) is 13.3 Å². The number of carboxylic acid groups (broad SMARTS) is 1. The van der Waals surface area contributed by atoms with Gasteiger partial charge in [-0.25, -0.2) is 12.7 Å². The summed E-state index contributed by atoms with van der Waals surface area (Å²) < 4.78 is 24.0. The summed E-state index contributed by atoms with van der Waals surface area (Å²) in [5.41, 5.74) is -0.763. The quantitative estimate of drug-likeness (QED) is 0.358. The van der Waals surface area contributed by atoms with Gasteiger partial charge in [-0.15, -0.1) is 0 Å². The number of rotatable bonds is 16. The molecule has 0 radical (unpaired) electrons. The second-order valence-corrected chi connectivity index (χ2v) is 11.5. The van der Waals surface area contributed by atoms with Gasteiger partial charge in [0.05, 0.1) is 17.1 Å². The van der Waals surface area contributed by atoms with E-state index >= 15 is 0 Å². The standard InChI is InChI=1S/C22H39NO5S/c1-23(29(2,27)28)19(24)21(15-16-21)13-11-9-7-5-3-4-6-8-10-12-14-22(17-18-22)20(25)26/h3-18H2,1-2H3,(H,25,26). The van der Waals surface area contributed by atoms with Crippen molar-refractivity contribution in [3.8, 4) is 0 Å². The number of hydrogen-bond donors (Lipinski definition) is 1. The fourth-order valence-corrected chi connectivity index (χ4v) is 4.76. The molecule has 168 valence electrons. The first-order valence-electron chi connectivity index (χ1n) is 11.3. The van der Waals surface area contributed by atoms with Crippen LogP contribution in [0.5, 0.6) is 0 Å². The Balaban J connectivity index is 1.42. The maximum Gasteiger partial charge on any atom is 0.309 e. The lowest BCUT2D eigenvalue weighted by molar-refractivity contribution is -0.143. The van der Waals surface area contributed by atoms with Crippen molar-refractivity contribution in [2.45, 2.75) is 103 Å². The predicted octanol–water partition coefficient (Wildman–Crippen LogP) is 4.73. The Kier molecular flexibility index (Phi) is 8.56. The van der Waals surface area contributed by atoms with Gasteiger partial charge in [-0.3, -0.25) is 9.59 Å². The Morgan fingerprint density at radius 3 is 1.41 bits per heavy atom. The lowest BCUT2D eigenvalue weighted by Crippen LogP contribution is -2.38. The van der Waals surface area contributed by atoms with Gasteiger partial charge >= 0.3 is 5.97 Å². The largest absolute Gasteiger partial charge is 0.481 e. The zero-order valence-corrected chi connectivity index (χ0v) is 19.1. The highest BCUT2D eigenvalue weighted by molar-refractivity contribution is 7.88. The average molecular weight is 430 g/mol. The third kappa shape index (κ3) is 7.26. The van der Waals surface area contributed by atoms with E-state index in [9.17, 15) is 18.0 Å². The molecule has 0 bridgehead atoms. The molecule has 0 atom stereocenters. The Morgan fingerprint density at radius 2 is 1.10 bits per heavy atom. The van der Waals surface area contributed by atoms with Crippen molar-refractivity contribution in [1.29, 1.82) is 0 Å². The van der Waals surface area contributed by atoms with Crippen LogP contribution in [0.25, 0.3) is 0 Å². The van der Waals surface area contributed by atoms with E-state index in [1.165, 1.54) is 45.6 Å². The molecule has 0 spiro atoms. The number of carbonyl (C=O) groups is 2. The maximum atomic E-state index is 12.4. The van der Waals surface area contributed by atoms with Gasteiger partial charge in [0, 0.05) is 7.05 Å². The van der Waals surface area contributed by atoms with Gasteiger partial charge in [0.2, 0.25) is 15.9 Å². The van der Waals surface area contributed by atoms with E-state index < -0.39 is 21.4 Å². The number of hydrogen-bond acceptors (Lipinski definition) is 4. The van der Waals surface area contributed by atoms with Crippen LogP contribution in [0, 0.1) is 10.8 Å². The summed E-state index contributed by atoms with van der Waals surface area (Å²) in [6.45, 7) is 0. The highest BCUT2D eigenvalue weighted by Gasteiger charge is 2.51. The molecule has 0 aliphatic heterocycles. The van der Waals surface area contributed by atoms with Crippen LogP contribution in [0.1, 0.15) is 103 Å². The zero-order chi connectivity index (χ0) is 21.5. The van der Waals surface area contributed by atoms with Crippen molar-refractivity contribution in [3.05, 3.63) is 0 Å². The monoisotopic (exact) mass is 429 g/mol. The number of unbranched alkanes of at least 4 members (excludes halogenated alkanes) is 9. The van der Waals surface area contributed by atoms with Crippen LogP contribution in [0.3, 0.4) is 0 Å². The van der Waals surface area contributed by atoms with Crippen molar-refractivity contribution in [2.24, 2.45) is 10.8 Å². The molecule has 1 N–H and O–H groups in total. The van der Waals surface area contributed by atoms with Crippen molar-refractivity contribution < 1.29 is 23.1 Å². The minimum Gasteiger partial charge on any atom is -0.481 e. The van der Waals surface area contributed by atoms with E-state index in [0.29, 0.717) is 0 Å². The van der Waals surface area contributed by atoms with E-state index in [1.807, 2.05) is 0 Å². The lowest BCUT2D eigenvalue weighted by atomic mass is 9.96. The molecule has 1 amide bonds. The Bertz CT molecular complexity index is 665. The molecule has 2 rings (SSSR count). The molecular formula is C22H39NO5S. The highest BCUT2D eigenvalue weighted by atomic mass is 32.2. The molecule has 2 aliphatic rings. The number of carboxylic acids is 1. The first-order chi connectivity index (χ1) is 13.6. The molecule has 7 heteroatoms. The molecule has 2 fully saturated rings. The maximum absolute atomic E-state index is 12.4. The van der Waals surface area contributed by atoms with Crippen LogP contribution in [0.4, 0.5) is 0 Å². The van der Waals surface area contributed by atoms with Crippen LogP contribution in [-0.4, -0.2) is 43.0 Å². The fourth-order valence-electron chi connectivity index (χ4n) is 4.27. The topological polar surface area (TPSA) is 91.8 Å². The summed E-state index contributed by atoms with van der Waals surface area (Å²) in [7, 11) is -2.08. The predicted molar refractivity (Wildman–Crippen MR) is 114 cm³/mol. The molecule has 2 saturated carbocycles. The lowest BCUT2D eigenvalue weighted by Gasteiger charge is -2.21. The third-order valence-electron chi connectivity index (χ3n) is 6.96. The Hall–Kier alpha value is -1.11. The van der Waals surface area contributed by atoms with E-state index in [1.54, 1.807) is 0 Å². The SMILES string of the molecule is CN(C(=O)C1(CCCCCCCCCCCCC2(C(=O)O)CC2)CC1)S(C)(=O)=O. The smallest absolute Gasteiger partial charge is 0.309 e. The second kappa shape index (κ2) is 10.3. The molecular weight excluding hydrogens is 390 g/mol. The highest BCUT2D eigenvalue weighted by Crippen LogP contribution is 2.51. The van der Waals surface area contributed by atoms with Gasteiger partial charge in [-0.05, 0) is 38.5 Å². The van der Waals surface area contributed by atoms with Gasteiger partial charge in [-0.1, -0.05) is 64.2 Å². The van der Waals surface area contributed by atoms with Gasteiger partial charge < -0.3 is 5.11 Å². The molecule has 0 saturated heterocycles. The number of carbonyl (C=O) groups excluding carboxylic acids is 1. The second-order valence-electron chi connectivity index (χ2n) is 9.44. The van der Waals surface area contributed by atoms with Crippen LogP contribution in [0.15, 0.2) is 0 Å². The zero-order valence-electron chi connectivity index (χ0n) is 18.2. The first-order valence-corrected chi connectivity index (χ1v) is 13.2. The molecule has 0 heterocycles. The first kappa shape index (κ1) is 24.2. The van der Waals surface area contributed by atoms with E-state index in [-0.39, 0.29) is 11.3 Å². The van der Waals surface area contributed by atoms with Crippen molar-refractivity contribution in [1.82, 2.24) is 4.31 Å². The van der Waals surface area contributed by atoms with Crippen LogP contribution in [0.2, 0.25) is 0 Å². The van der Waals surface area contributed by atoms with Crippen LogP contribution in [-0.2, 0) is 19.6 Å². The molecule has 29 heavy (non-hydrogen) atoms. The van der Waals surface area contributed by atoms with Crippen molar-refractivity contribution >= 4 is 21.9 Å². The fraction of sp³-hybridized carbons (Fsp3) is 0.909. The van der Waals surface area contributed by atoms with Gasteiger partial charge in [0.15, 0.2) is 0 Å². The molecule has 0 unspecified atom stereocenters. The van der Waals surface area contributed by atoms with Gasteiger partial charge in [-0.2, -0.15) is 0 Å². The summed E-state index contributed by atoms with van der Waals surface area (Å²) in [6.07, 6.45) is 17.7. The summed E-state index contributed by atoms with van der Waals surface area (Å²) in [6, 6.07) is 0. The summed E-state index contributed by atoms with van der Waals surface area (Å²) >= 11 is 0. The van der Waals surface area contributed by atoms with Crippen LogP contribution < -0.4 is 0 Å². The summed E-state index contributed by atoms with van der Waals surface area (Å²) in [5, 5.41) is 9.15. The van der Waals surface area contributed by atoms with Gasteiger partial charge in [0.25, 0.3) is 0 Å². The number of sulfonamides is 1. The molecule has 0 aromatic carbocycles. The summed E-state index contributed by atoms with van der Waals surface area (Å²) in [4.78, 5) is 23.5. The number of aliphatic carboxylic acids is 1. The molecule has 0 aromatic rings.